The number of aryl methyl sites for hydroxylation is 1. The van der Waals surface area contributed by atoms with Crippen LogP contribution in [0.2, 0.25) is 0 Å². The Bertz CT molecular complexity index is 844. The van der Waals surface area contributed by atoms with Gasteiger partial charge in [0.1, 0.15) is 6.61 Å². The summed E-state index contributed by atoms with van der Waals surface area (Å²) in [5.74, 6) is -0.333. The van der Waals surface area contributed by atoms with Crippen LogP contribution >= 0.6 is 11.6 Å². The number of hydrogen-bond acceptors (Lipinski definition) is 5. The third-order valence-corrected chi connectivity index (χ3v) is 5.55. The van der Waals surface area contributed by atoms with Crippen molar-refractivity contribution in [2.45, 2.75) is 61.0 Å². The number of hydrogen-bond donors (Lipinski definition) is 2. The number of carbonyl (C=O) groups is 1. The van der Waals surface area contributed by atoms with Gasteiger partial charge in [0.15, 0.2) is 0 Å². The zero-order chi connectivity index (χ0) is 22.7. The molecule has 1 atom stereocenters. The first-order chi connectivity index (χ1) is 14.3. The monoisotopic (exact) mass is 432 g/mol. The molecule has 0 bridgehead atoms. The van der Waals surface area contributed by atoms with Crippen LogP contribution in [-0.4, -0.2) is 18.2 Å². The lowest BCUT2D eigenvalue weighted by Gasteiger charge is -2.16. The van der Waals surface area contributed by atoms with Crippen molar-refractivity contribution in [1.29, 1.82) is 5.53 Å². The van der Waals surface area contributed by atoms with Gasteiger partial charge in [0.25, 0.3) is 0 Å². The molecule has 164 valence electrons. The van der Waals surface area contributed by atoms with Gasteiger partial charge in [-0.15, -0.1) is 0 Å². The second-order valence-corrected chi connectivity index (χ2v) is 7.65. The van der Waals surface area contributed by atoms with E-state index in [1.54, 1.807) is 0 Å². The number of amides is 1. The van der Waals surface area contributed by atoms with Crippen LogP contribution in [0.1, 0.15) is 58.6 Å². The van der Waals surface area contributed by atoms with Gasteiger partial charge in [0, 0.05) is 22.2 Å². The minimum atomic E-state index is -0.232. The molecule has 0 saturated heterocycles. The fourth-order valence-corrected chi connectivity index (χ4v) is 3.11. The van der Waals surface area contributed by atoms with Crippen LogP contribution in [0.4, 0.5) is 5.69 Å². The SMILES string of the molecule is C/C=C(C(C)=NOCc1c(C)cccc1NC(=O)C(C)CCN=N)\C(C)=C(\Cl)CC. The van der Waals surface area contributed by atoms with Gasteiger partial charge in [-0.3, -0.25) is 4.79 Å². The number of halogens is 1. The van der Waals surface area contributed by atoms with Crippen molar-refractivity contribution < 1.29 is 9.63 Å². The van der Waals surface area contributed by atoms with Gasteiger partial charge in [0.2, 0.25) is 5.91 Å². The summed E-state index contributed by atoms with van der Waals surface area (Å²) in [4.78, 5) is 18.1. The predicted molar refractivity (Wildman–Crippen MR) is 124 cm³/mol. The van der Waals surface area contributed by atoms with Crippen molar-refractivity contribution in [2.75, 3.05) is 11.9 Å². The molecule has 1 amide bonds. The molecule has 0 heterocycles. The number of rotatable bonds is 11. The topological polar surface area (TPSA) is 86.9 Å². The highest BCUT2D eigenvalue weighted by molar-refractivity contribution is 6.30. The Morgan fingerprint density at radius 1 is 1.37 bits per heavy atom. The highest BCUT2D eigenvalue weighted by Gasteiger charge is 2.16. The highest BCUT2D eigenvalue weighted by atomic mass is 35.5. The van der Waals surface area contributed by atoms with E-state index in [0.29, 0.717) is 18.7 Å². The molecule has 0 aliphatic carbocycles. The molecular weight excluding hydrogens is 400 g/mol. The molecule has 30 heavy (non-hydrogen) atoms. The van der Waals surface area contributed by atoms with Crippen molar-refractivity contribution in [3.8, 4) is 0 Å². The molecule has 0 aromatic heterocycles. The number of allylic oxidation sites excluding steroid dienone is 4. The minimum Gasteiger partial charge on any atom is -0.391 e. The van der Waals surface area contributed by atoms with E-state index in [2.05, 4.69) is 15.6 Å². The first kappa shape index (κ1) is 25.6. The molecule has 0 aliphatic heterocycles. The van der Waals surface area contributed by atoms with Crippen molar-refractivity contribution in [3.05, 3.63) is 51.6 Å². The number of nitrogens with one attached hydrogen (secondary N) is 2. The van der Waals surface area contributed by atoms with E-state index in [9.17, 15) is 4.79 Å². The lowest BCUT2D eigenvalue weighted by atomic mass is 10.0. The van der Waals surface area contributed by atoms with E-state index in [-0.39, 0.29) is 18.4 Å². The highest BCUT2D eigenvalue weighted by Crippen LogP contribution is 2.24. The Morgan fingerprint density at radius 2 is 2.07 bits per heavy atom. The molecule has 0 spiro atoms. The van der Waals surface area contributed by atoms with E-state index in [1.165, 1.54) is 0 Å². The Morgan fingerprint density at radius 3 is 2.67 bits per heavy atom. The quantitative estimate of drug-likeness (QED) is 0.175. The van der Waals surface area contributed by atoms with Crippen molar-refractivity contribution in [1.82, 2.24) is 0 Å². The molecule has 2 N–H and O–H groups in total. The number of carbonyl (C=O) groups excluding carboxylic acids is 1. The van der Waals surface area contributed by atoms with Crippen LogP contribution in [0.5, 0.6) is 0 Å². The van der Waals surface area contributed by atoms with E-state index in [0.717, 1.165) is 39.4 Å². The zero-order valence-corrected chi connectivity index (χ0v) is 19.6. The second kappa shape index (κ2) is 13.0. The largest absolute Gasteiger partial charge is 0.391 e. The molecule has 0 aliphatic rings. The first-order valence-electron chi connectivity index (χ1n) is 10.2. The maximum absolute atomic E-state index is 12.5. The average molecular weight is 433 g/mol. The summed E-state index contributed by atoms with van der Waals surface area (Å²) < 4.78 is 0. The third kappa shape index (κ3) is 7.41. The molecule has 1 unspecified atom stereocenters. The molecule has 1 aromatic rings. The number of anilines is 1. The van der Waals surface area contributed by atoms with Crippen molar-refractivity contribution in [3.63, 3.8) is 0 Å². The van der Waals surface area contributed by atoms with Crippen LogP contribution in [-0.2, 0) is 16.2 Å². The molecule has 6 nitrogen and oxygen atoms in total. The van der Waals surface area contributed by atoms with Crippen molar-refractivity contribution >= 4 is 28.9 Å². The average Bonchev–Trinajstić information content (AvgIpc) is 2.73. The summed E-state index contributed by atoms with van der Waals surface area (Å²) in [6, 6.07) is 5.72. The van der Waals surface area contributed by atoms with Crippen LogP contribution in [0.15, 0.2) is 50.7 Å². The molecule has 0 fully saturated rings. The Hall–Kier alpha value is -2.47. The lowest BCUT2D eigenvalue weighted by Crippen LogP contribution is -2.22. The summed E-state index contributed by atoms with van der Waals surface area (Å²) >= 11 is 6.30. The number of oxime groups is 1. The van der Waals surface area contributed by atoms with E-state index >= 15 is 0 Å². The minimum absolute atomic E-state index is 0.101. The van der Waals surface area contributed by atoms with Crippen molar-refractivity contribution in [2.24, 2.45) is 16.2 Å². The Kier molecular flexibility index (Phi) is 11.0. The Balaban J connectivity index is 2.95. The third-order valence-electron chi connectivity index (χ3n) is 5.00. The smallest absolute Gasteiger partial charge is 0.227 e. The number of nitrogens with zero attached hydrogens (tertiary/aromatic N) is 2. The zero-order valence-electron chi connectivity index (χ0n) is 18.8. The fraction of sp³-hybridized carbons (Fsp3) is 0.478. The van der Waals surface area contributed by atoms with Crippen LogP contribution in [0.3, 0.4) is 0 Å². The fourth-order valence-electron chi connectivity index (χ4n) is 3.01. The van der Waals surface area contributed by atoms with Crippen LogP contribution in [0, 0.1) is 18.4 Å². The Labute approximate surface area is 184 Å². The van der Waals surface area contributed by atoms with Gasteiger partial charge >= 0.3 is 0 Å². The van der Waals surface area contributed by atoms with Gasteiger partial charge in [-0.1, -0.05) is 48.8 Å². The van der Waals surface area contributed by atoms with Gasteiger partial charge in [-0.2, -0.15) is 5.11 Å². The first-order valence-corrected chi connectivity index (χ1v) is 10.6. The predicted octanol–water partition coefficient (Wildman–Crippen LogP) is 6.75. The summed E-state index contributed by atoms with van der Waals surface area (Å²) in [7, 11) is 0. The summed E-state index contributed by atoms with van der Waals surface area (Å²) in [5.41, 5.74) is 12.2. The summed E-state index contributed by atoms with van der Waals surface area (Å²) in [5, 5.41) is 11.4. The molecular formula is C23H33ClN4O2. The molecule has 0 radical (unpaired) electrons. The van der Waals surface area contributed by atoms with Gasteiger partial charge < -0.3 is 10.2 Å². The maximum Gasteiger partial charge on any atom is 0.227 e. The second-order valence-electron chi connectivity index (χ2n) is 7.20. The maximum atomic E-state index is 12.5. The van der Waals surface area contributed by atoms with Crippen LogP contribution < -0.4 is 5.32 Å². The molecule has 1 rings (SSSR count). The van der Waals surface area contributed by atoms with E-state index in [4.69, 9.17) is 22.0 Å². The van der Waals surface area contributed by atoms with Gasteiger partial charge in [0.05, 0.1) is 12.3 Å². The molecule has 0 saturated carbocycles. The van der Waals surface area contributed by atoms with Gasteiger partial charge in [-0.05, 0) is 63.3 Å². The summed E-state index contributed by atoms with van der Waals surface area (Å²) in [6.45, 7) is 12.2. The van der Waals surface area contributed by atoms with E-state index in [1.807, 2.05) is 65.8 Å². The number of benzene rings is 1. The van der Waals surface area contributed by atoms with E-state index < -0.39 is 0 Å². The summed E-state index contributed by atoms with van der Waals surface area (Å²) in [6.07, 6.45) is 3.27. The normalized spacial score (nSPS) is 14.1. The molecule has 1 aromatic carbocycles. The standard InChI is InChI=1S/C23H33ClN4O2/c1-7-19(17(5)21(24)8-2)18(6)28-30-14-20-15(3)10-9-11-22(20)27-23(29)16(4)12-13-26-25/h7,9-11,16,25H,8,12-14H2,1-6H3,(H,27,29)/b19-7+,21-17+,26-25?,28-18?. The lowest BCUT2D eigenvalue weighted by molar-refractivity contribution is -0.119. The van der Waals surface area contributed by atoms with Gasteiger partial charge in [-0.25, -0.2) is 5.53 Å². The molecule has 7 heteroatoms. The van der Waals surface area contributed by atoms with Crippen LogP contribution in [0.25, 0.3) is 0 Å².